The van der Waals surface area contributed by atoms with Gasteiger partial charge in [-0.05, 0) is 26.0 Å². The average molecular weight is 321 g/mol. The summed E-state index contributed by atoms with van der Waals surface area (Å²) in [5, 5.41) is 10.1. The van der Waals surface area contributed by atoms with Gasteiger partial charge in [0.25, 0.3) is 0 Å². The number of benzene rings is 1. The number of nitrogens with zero attached hydrogens (tertiary/aromatic N) is 1. The van der Waals surface area contributed by atoms with Crippen LogP contribution in [0.4, 0.5) is 5.69 Å². The molecule has 6 heteroatoms. The normalized spacial score (nSPS) is 15.5. The van der Waals surface area contributed by atoms with Crippen LogP contribution in [0.1, 0.15) is 23.5 Å². The molecule has 0 saturated carbocycles. The zero-order chi connectivity index (χ0) is 15.7. The maximum atomic E-state index is 11.2. The predicted octanol–water partition coefficient (Wildman–Crippen LogP) is 3.22. The molecule has 0 bridgehead atoms. The van der Waals surface area contributed by atoms with Crippen molar-refractivity contribution in [2.45, 2.75) is 20.0 Å². The Labute approximate surface area is 133 Å². The summed E-state index contributed by atoms with van der Waals surface area (Å²) in [4.78, 5) is 13.8. The van der Waals surface area contributed by atoms with E-state index in [2.05, 4.69) is 4.90 Å². The molecule has 1 aromatic heterocycles. The van der Waals surface area contributed by atoms with Gasteiger partial charge < -0.3 is 19.5 Å². The van der Waals surface area contributed by atoms with Gasteiger partial charge in [-0.3, -0.25) is 0 Å². The van der Waals surface area contributed by atoms with E-state index in [0.717, 1.165) is 34.6 Å². The summed E-state index contributed by atoms with van der Waals surface area (Å²) in [7, 11) is 0. The number of carboxylic acids is 1. The minimum Gasteiger partial charge on any atom is -0.490 e. The molecule has 1 aliphatic rings. The molecular weight excluding hydrogens is 302 g/mol. The SMILES string of the molecule is CC(C)Oc1cc(N2CCOCC2)cc2sc(C(=O)O)cc12. The number of aromatic carboxylic acids is 1. The van der Waals surface area contributed by atoms with Crippen molar-refractivity contribution in [1.29, 1.82) is 0 Å². The molecule has 0 amide bonds. The van der Waals surface area contributed by atoms with Crippen LogP contribution in [-0.4, -0.2) is 43.5 Å². The van der Waals surface area contributed by atoms with Crippen molar-refractivity contribution in [1.82, 2.24) is 0 Å². The molecule has 1 N–H and O–H groups in total. The number of carbonyl (C=O) groups is 1. The number of hydrogen-bond acceptors (Lipinski definition) is 5. The fourth-order valence-electron chi connectivity index (χ4n) is 2.55. The number of carboxylic acid groups (broad SMARTS) is 1. The molecule has 0 atom stereocenters. The molecule has 1 aliphatic heterocycles. The highest BCUT2D eigenvalue weighted by Gasteiger charge is 2.18. The van der Waals surface area contributed by atoms with Gasteiger partial charge in [0.1, 0.15) is 10.6 Å². The summed E-state index contributed by atoms with van der Waals surface area (Å²) in [5.41, 5.74) is 1.06. The average Bonchev–Trinajstić information content (AvgIpc) is 2.92. The van der Waals surface area contributed by atoms with Crippen LogP contribution < -0.4 is 9.64 Å². The Bertz CT molecular complexity index is 689. The van der Waals surface area contributed by atoms with Gasteiger partial charge in [0.05, 0.1) is 19.3 Å². The molecule has 0 aliphatic carbocycles. The second-order valence-corrected chi connectivity index (χ2v) is 6.62. The van der Waals surface area contributed by atoms with Gasteiger partial charge in [-0.1, -0.05) is 0 Å². The van der Waals surface area contributed by atoms with Crippen molar-refractivity contribution in [3.05, 3.63) is 23.1 Å². The van der Waals surface area contributed by atoms with Gasteiger partial charge in [0.15, 0.2) is 0 Å². The number of fused-ring (bicyclic) bond motifs is 1. The lowest BCUT2D eigenvalue weighted by atomic mass is 10.2. The smallest absolute Gasteiger partial charge is 0.345 e. The second kappa shape index (κ2) is 6.14. The number of morpholine rings is 1. The Hall–Kier alpha value is -1.79. The molecule has 2 aromatic rings. The zero-order valence-electron chi connectivity index (χ0n) is 12.7. The third-order valence-electron chi connectivity index (χ3n) is 3.53. The summed E-state index contributed by atoms with van der Waals surface area (Å²) in [6, 6.07) is 5.75. The summed E-state index contributed by atoms with van der Waals surface area (Å²) in [6.45, 7) is 7.04. The number of ether oxygens (including phenoxy) is 2. The van der Waals surface area contributed by atoms with Gasteiger partial charge in [-0.15, -0.1) is 11.3 Å². The van der Waals surface area contributed by atoms with Crippen LogP contribution in [-0.2, 0) is 4.74 Å². The molecular formula is C16H19NO4S. The molecule has 118 valence electrons. The van der Waals surface area contributed by atoms with Crippen molar-refractivity contribution in [2.24, 2.45) is 0 Å². The van der Waals surface area contributed by atoms with Gasteiger partial charge in [0.2, 0.25) is 0 Å². The highest BCUT2D eigenvalue weighted by molar-refractivity contribution is 7.20. The Morgan fingerprint density at radius 3 is 2.68 bits per heavy atom. The van der Waals surface area contributed by atoms with Crippen molar-refractivity contribution in [3.8, 4) is 5.75 Å². The van der Waals surface area contributed by atoms with Crippen molar-refractivity contribution in [2.75, 3.05) is 31.2 Å². The van der Waals surface area contributed by atoms with E-state index in [-0.39, 0.29) is 6.10 Å². The Morgan fingerprint density at radius 1 is 1.32 bits per heavy atom. The van der Waals surface area contributed by atoms with E-state index < -0.39 is 5.97 Å². The molecule has 1 aromatic carbocycles. The lowest BCUT2D eigenvalue weighted by Crippen LogP contribution is -2.36. The summed E-state index contributed by atoms with van der Waals surface area (Å²) in [6.07, 6.45) is 0.0383. The number of anilines is 1. The standard InChI is InChI=1S/C16H19NO4S/c1-10(2)21-13-7-11(17-3-5-20-6-4-17)8-14-12(13)9-15(22-14)16(18)19/h7-10H,3-6H2,1-2H3,(H,18,19). The van der Waals surface area contributed by atoms with Gasteiger partial charge >= 0.3 is 5.97 Å². The van der Waals surface area contributed by atoms with E-state index in [4.69, 9.17) is 9.47 Å². The van der Waals surface area contributed by atoms with Gasteiger partial charge in [0, 0.05) is 34.9 Å². The van der Waals surface area contributed by atoms with Crippen LogP contribution in [0.25, 0.3) is 10.1 Å². The minimum absolute atomic E-state index is 0.0383. The lowest BCUT2D eigenvalue weighted by molar-refractivity contribution is 0.0702. The van der Waals surface area contributed by atoms with Crippen molar-refractivity contribution < 1.29 is 19.4 Å². The van der Waals surface area contributed by atoms with E-state index in [9.17, 15) is 9.90 Å². The molecule has 0 unspecified atom stereocenters. The first-order chi connectivity index (χ1) is 10.5. The van der Waals surface area contributed by atoms with Crippen LogP contribution in [0.2, 0.25) is 0 Å². The predicted molar refractivity (Wildman–Crippen MR) is 87.6 cm³/mol. The van der Waals surface area contributed by atoms with E-state index in [1.165, 1.54) is 11.3 Å². The zero-order valence-corrected chi connectivity index (χ0v) is 13.5. The molecule has 3 rings (SSSR count). The molecule has 0 radical (unpaired) electrons. The highest BCUT2D eigenvalue weighted by atomic mass is 32.1. The maximum Gasteiger partial charge on any atom is 0.345 e. The van der Waals surface area contributed by atoms with Crippen LogP contribution in [0.15, 0.2) is 18.2 Å². The third-order valence-corrected chi connectivity index (χ3v) is 4.60. The topological polar surface area (TPSA) is 59.0 Å². The van der Waals surface area contributed by atoms with Crippen molar-refractivity contribution in [3.63, 3.8) is 0 Å². The first-order valence-corrected chi connectivity index (χ1v) is 8.16. The molecule has 22 heavy (non-hydrogen) atoms. The van der Waals surface area contributed by atoms with E-state index in [1.807, 2.05) is 26.0 Å². The Balaban J connectivity index is 2.07. The lowest BCUT2D eigenvalue weighted by Gasteiger charge is -2.29. The summed E-state index contributed by atoms with van der Waals surface area (Å²) in [5.74, 6) is -0.151. The number of thiophene rings is 1. The fraction of sp³-hybridized carbons (Fsp3) is 0.438. The van der Waals surface area contributed by atoms with E-state index >= 15 is 0 Å². The largest absolute Gasteiger partial charge is 0.490 e. The van der Waals surface area contributed by atoms with Crippen LogP contribution in [0.5, 0.6) is 5.75 Å². The van der Waals surface area contributed by atoms with E-state index in [0.29, 0.717) is 18.1 Å². The molecule has 1 saturated heterocycles. The summed E-state index contributed by atoms with van der Waals surface area (Å²) < 4.78 is 12.2. The van der Waals surface area contributed by atoms with Crippen molar-refractivity contribution >= 4 is 33.1 Å². The Morgan fingerprint density at radius 2 is 2.05 bits per heavy atom. The second-order valence-electron chi connectivity index (χ2n) is 5.54. The molecule has 0 spiro atoms. The Kier molecular flexibility index (Phi) is 4.22. The number of rotatable bonds is 4. The highest BCUT2D eigenvalue weighted by Crippen LogP contribution is 2.38. The molecule has 2 heterocycles. The number of hydrogen-bond donors (Lipinski definition) is 1. The minimum atomic E-state index is -0.899. The third kappa shape index (κ3) is 3.03. The first kappa shape index (κ1) is 15.1. The van der Waals surface area contributed by atoms with Crippen LogP contribution >= 0.6 is 11.3 Å². The monoisotopic (exact) mass is 321 g/mol. The maximum absolute atomic E-state index is 11.2. The molecule has 1 fully saturated rings. The quantitative estimate of drug-likeness (QED) is 0.937. The van der Waals surface area contributed by atoms with Crippen LogP contribution in [0.3, 0.4) is 0 Å². The van der Waals surface area contributed by atoms with Gasteiger partial charge in [-0.2, -0.15) is 0 Å². The summed E-state index contributed by atoms with van der Waals surface area (Å²) >= 11 is 1.29. The first-order valence-electron chi connectivity index (χ1n) is 7.35. The van der Waals surface area contributed by atoms with E-state index in [1.54, 1.807) is 6.07 Å². The van der Waals surface area contributed by atoms with Crippen LogP contribution in [0, 0.1) is 0 Å². The van der Waals surface area contributed by atoms with Gasteiger partial charge in [-0.25, -0.2) is 4.79 Å². The molecule has 5 nitrogen and oxygen atoms in total. The fourth-order valence-corrected chi connectivity index (χ4v) is 3.50.